The first-order valence-electron chi connectivity index (χ1n) is 9.97. The van der Waals surface area contributed by atoms with Crippen LogP contribution in [0.4, 0.5) is 11.4 Å². The van der Waals surface area contributed by atoms with Crippen molar-refractivity contribution < 1.29 is 9.59 Å². The fraction of sp³-hybridized carbons (Fsp3) is 0.391. The van der Waals surface area contributed by atoms with Crippen LogP contribution in [0.25, 0.3) is 0 Å². The number of nitrogens with one attached hydrogen (secondary N) is 2. The quantitative estimate of drug-likeness (QED) is 0.798. The van der Waals surface area contributed by atoms with Crippen molar-refractivity contribution in [3.05, 3.63) is 59.7 Å². The van der Waals surface area contributed by atoms with Gasteiger partial charge in [0.2, 0.25) is 5.91 Å². The summed E-state index contributed by atoms with van der Waals surface area (Å²) in [6, 6.07) is 14.6. The molecule has 1 aliphatic rings. The van der Waals surface area contributed by atoms with E-state index < -0.39 is 6.04 Å². The van der Waals surface area contributed by atoms with Crippen molar-refractivity contribution >= 4 is 23.2 Å². The van der Waals surface area contributed by atoms with E-state index in [1.807, 2.05) is 57.2 Å². The number of nitrogens with zero attached hydrogens (tertiary/aromatic N) is 1. The summed E-state index contributed by atoms with van der Waals surface area (Å²) >= 11 is 0. The lowest BCUT2D eigenvalue weighted by Crippen LogP contribution is -2.47. The molecule has 1 fully saturated rings. The van der Waals surface area contributed by atoms with E-state index in [0.29, 0.717) is 5.56 Å². The summed E-state index contributed by atoms with van der Waals surface area (Å²) < 4.78 is 0. The lowest BCUT2D eigenvalue weighted by Gasteiger charge is -2.22. The average molecular weight is 380 g/mol. The van der Waals surface area contributed by atoms with Crippen molar-refractivity contribution in [1.29, 1.82) is 0 Å². The Morgan fingerprint density at radius 1 is 0.929 bits per heavy atom. The third-order valence-electron chi connectivity index (χ3n) is 5.16. The molecule has 2 N–H and O–H groups in total. The van der Waals surface area contributed by atoms with Gasteiger partial charge in [0.25, 0.3) is 5.91 Å². The van der Waals surface area contributed by atoms with Crippen LogP contribution in [0.5, 0.6) is 0 Å². The number of hydrogen-bond acceptors (Lipinski definition) is 3. The van der Waals surface area contributed by atoms with Crippen molar-refractivity contribution in [2.24, 2.45) is 5.92 Å². The maximum Gasteiger partial charge on any atom is 0.251 e. The molecule has 1 heterocycles. The number of rotatable bonds is 6. The topological polar surface area (TPSA) is 61.4 Å². The molecule has 1 aliphatic heterocycles. The molecule has 148 valence electrons. The Morgan fingerprint density at radius 3 is 2.11 bits per heavy atom. The Hall–Kier alpha value is -2.82. The first-order chi connectivity index (χ1) is 13.4. The van der Waals surface area contributed by atoms with Gasteiger partial charge in [-0.1, -0.05) is 31.5 Å². The standard InChI is InChI=1S/C23H29N3O2/c1-16(2)21(25-22(27)18-8-6-17(3)7-9-18)23(28)24-19-10-12-20(13-11-19)26-14-4-5-15-26/h6-13,16,21H,4-5,14-15H2,1-3H3,(H,24,28)(H,25,27)/t21-/m1/s1. The lowest BCUT2D eigenvalue weighted by molar-refractivity contribution is -0.118. The van der Waals surface area contributed by atoms with Crippen molar-refractivity contribution in [2.75, 3.05) is 23.3 Å². The SMILES string of the molecule is Cc1ccc(C(=O)N[C@@H](C(=O)Nc2ccc(N3CCCC3)cc2)C(C)C)cc1. The second-order valence-electron chi connectivity index (χ2n) is 7.79. The molecule has 5 heteroatoms. The molecule has 0 unspecified atom stereocenters. The fourth-order valence-electron chi connectivity index (χ4n) is 3.42. The molecule has 0 bridgehead atoms. The van der Waals surface area contributed by atoms with E-state index in [4.69, 9.17) is 0 Å². The predicted molar refractivity (Wildman–Crippen MR) is 114 cm³/mol. The minimum Gasteiger partial charge on any atom is -0.372 e. The van der Waals surface area contributed by atoms with Crippen molar-refractivity contribution in [3.63, 3.8) is 0 Å². The molecule has 3 rings (SSSR count). The minimum absolute atomic E-state index is 0.0294. The van der Waals surface area contributed by atoms with Crippen LogP contribution >= 0.6 is 0 Å². The number of carbonyl (C=O) groups excluding carboxylic acids is 2. The smallest absolute Gasteiger partial charge is 0.251 e. The molecule has 1 atom stereocenters. The van der Waals surface area contributed by atoms with Gasteiger partial charge >= 0.3 is 0 Å². The highest BCUT2D eigenvalue weighted by Gasteiger charge is 2.25. The first-order valence-corrected chi connectivity index (χ1v) is 9.97. The normalized spacial score (nSPS) is 14.8. The molecular formula is C23H29N3O2. The van der Waals surface area contributed by atoms with Gasteiger partial charge in [-0.2, -0.15) is 0 Å². The summed E-state index contributed by atoms with van der Waals surface area (Å²) in [5.74, 6) is -0.471. The van der Waals surface area contributed by atoms with Gasteiger partial charge in [-0.05, 0) is 62.1 Å². The van der Waals surface area contributed by atoms with Gasteiger partial charge < -0.3 is 15.5 Å². The van der Waals surface area contributed by atoms with E-state index in [9.17, 15) is 9.59 Å². The monoisotopic (exact) mass is 379 g/mol. The summed E-state index contributed by atoms with van der Waals surface area (Å²) in [4.78, 5) is 27.7. The molecule has 28 heavy (non-hydrogen) atoms. The van der Waals surface area contributed by atoms with Crippen LogP contribution in [0.2, 0.25) is 0 Å². The highest BCUT2D eigenvalue weighted by molar-refractivity contribution is 6.01. The van der Waals surface area contributed by atoms with Crippen LogP contribution < -0.4 is 15.5 Å². The maximum atomic E-state index is 12.8. The number of hydrogen-bond donors (Lipinski definition) is 2. The zero-order chi connectivity index (χ0) is 20.1. The van der Waals surface area contributed by atoms with Crippen molar-refractivity contribution in [1.82, 2.24) is 5.32 Å². The lowest BCUT2D eigenvalue weighted by atomic mass is 10.0. The Morgan fingerprint density at radius 2 is 1.54 bits per heavy atom. The van der Waals surface area contributed by atoms with Gasteiger partial charge in [-0.15, -0.1) is 0 Å². The van der Waals surface area contributed by atoms with Crippen molar-refractivity contribution in [2.45, 2.75) is 39.7 Å². The molecule has 0 aromatic heterocycles. The molecular weight excluding hydrogens is 350 g/mol. The summed E-state index contributed by atoms with van der Waals surface area (Å²) in [7, 11) is 0. The van der Waals surface area contributed by atoms with Crippen LogP contribution in [0.15, 0.2) is 48.5 Å². The Balaban J connectivity index is 1.64. The minimum atomic E-state index is -0.605. The molecule has 0 aliphatic carbocycles. The Kier molecular flexibility index (Phi) is 6.34. The van der Waals surface area contributed by atoms with Crippen LogP contribution in [-0.2, 0) is 4.79 Å². The van der Waals surface area contributed by atoms with Crippen molar-refractivity contribution in [3.8, 4) is 0 Å². The first kappa shape index (κ1) is 19.9. The largest absolute Gasteiger partial charge is 0.372 e. The van der Waals surface area contributed by atoms with E-state index in [1.165, 1.54) is 18.5 Å². The fourth-order valence-corrected chi connectivity index (χ4v) is 3.42. The Labute approximate surface area is 167 Å². The molecule has 1 saturated heterocycles. The van der Waals surface area contributed by atoms with Gasteiger partial charge in [0.1, 0.15) is 6.04 Å². The second-order valence-corrected chi connectivity index (χ2v) is 7.79. The van der Waals surface area contributed by atoms with E-state index >= 15 is 0 Å². The highest BCUT2D eigenvalue weighted by atomic mass is 16.2. The van der Waals surface area contributed by atoms with Gasteiger partial charge in [-0.3, -0.25) is 9.59 Å². The third-order valence-corrected chi connectivity index (χ3v) is 5.16. The highest BCUT2D eigenvalue weighted by Crippen LogP contribution is 2.22. The maximum absolute atomic E-state index is 12.8. The van der Waals surface area contributed by atoms with Crippen LogP contribution in [0, 0.1) is 12.8 Å². The summed E-state index contributed by atoms with van der Waals surface area (Å²) in [6.07, 6.45) is 2.46. The number of anilines is 2. The van der Waals surface area contributed by atoms with Gasteiger partial charge in [0, 0.05) is 30.0 Å². The summed E-state index contributed by atoms with van der Waals surface area (Å²) in [5, 5.41) is 5.80. The number of benzene rings is 2. The van der Waals surface area contributed by atoms with Gasteiger partial charge in [-0.25, -0.2) is 0 Å². The summed E-state index contributed by atoms with van der Waals surface area (Å²) in [6.45, 7) is 8.01. The predicted octanol–water partition coefficient (Wildman–Crippen LogP) is 3.99. The van der Waals surface area contributed by atoms with Crippen LogP contribution in [0.1, 0.15) is 42.6 Å². The molecule has 0 saturated carbocycles. The van der Waals surface area contributed by atoms with E-state index in [2.05, 4.69) is 15.5 Å². The molecule has 0 radical (unpaired) electrons. The van der Waals surface area contributed by atoms with E-state index in [0.717, 1.165) is 24.3 Å². The number of carbonyl (C=O) groups is 2. The second kappa shape index (κ2) is 8.91. The molecule has 5 nitrogen and oxygen atoms in total. The van der Waals surface area contributed by atoms with Gasteiger partial charge in [0.05, 0.1) is 0 Å². The molecule has 2 aromatic carbocycles. The molecule has 2 aromatic rings. The molecule has 0 spiro atoms. The summed E-state index contributed by atoms with van der Waals surface area (Å²) in [5.41, 5.74) is 3.57. The number of aryl methyl sites for hydroxylation is 1. The zero-order valence-corrected chi connectivity index (χ0v) is 16.9. The Bertz CT molecular complexity index is 807. The number of amides is 2. The van der Waals surface area contributed by atoms with E-state index in [1.54, 1.807) is 12.1 Å². The molecule has 2 amide bonds. The zero-order valence-electron chi connectivity index (χ0n) is 16.9. The average Bonchev–Trinajstić information content (AvgIpc) is 3.21. The third kappa shape index (κ3) is 4.91. The van der Waals surface area contributed by atoms with Gasteiger partial charge in [0.15, 0.2) is 0 Å². The van der Waals surface area contributed by atoms with Crippen LogP contribution in [-0.4, -0.2) is 30.9 Å². The van der Waals surface area contributed by atoms with E-state index in [-0.39, 0.29) is 17.7 Å². The van der Waals surface area contributed by atoms with Crippen LogP contribution in [0.3, 0.4) is 0 Å².